The van der Waals surface area contributed by atoms with Gasteiger partial charge in [-0.2, -0.15) is 0 Å². The zero-order valence-electron chi connectivity index (χ0n) is 26.2. The predicted octanol–water partition coefficient (Wildman–Crippen LogP) is 0.363. The average molecular weight is 701 g/mol. The Bertz CT molecular complexity index is 1800. The van der Waals surface area contributed by atoms with Gasteiger partial charge >= 0.3 is 17.3 Å². The summed E-state index contributed by atoms with van der Waals surface area (Å²) in [6.45, 7) is 1.94. The Labute approximate surface area is 272 Å². The van der Waals surface area contributed by atoms with Crippen LogP contribution in [0.15, 0.2) is 36.7 Å². The topological polar surface area (TPSA) is 254 Å². The molecule has 0 aliphatic carbocycles. The SMILES string of the molecule is COC(=O)[C@@H](NP(=S)(OC[C@H]1O[C@@H](n2cc(C)c(=O)[nH]c2=O)C[C@@H]1N=[N+]=[N-])O[C@H]1C[C@H](n2cc(C)c(=O)[nH]c2=O)O[C@@H]1CO)C(C)C. The molecule has 0 bridgehead atoms. The van der Waals surface area contributed by atoms with E-state index in [1.165, 1.54) is 42.5 Å². The van der Waals surface area contributed by atoms with E-state index in [0.717, 1.165) is 0 Å². The summed E-state index contributed by atoms with van der Waals surface area (Å²) in [4.78, 5) is 68.8. The van der Waals surface area contributed by atoms with Crippen molar-refractivity contribution in [3.05, 3.63) is 75.6 Å². The normalized spacial score (nSPS) is 26.1. The molecule has 0 amide bonds. The molecule has 0 saturated carbocycles. The molecule has 8 atom stereocenters. The maximum Gasteiger partial charge on any atom is 0.330 e. The molecule has 19 nitrogen and oxygen atoms in total. The van der Waals surface area contributed by atoms with Crippen molar-refractivity contribution in [2.45, 2.75) is 83.4 Å². The first-order valence-corrected chi connectivity index (χ1v) is 17.2. The maximum atomic E-state index is 12.7. The standard InChI is InChI=1S/C26H37N8O11PS/c1-12(2)21(24(38)41-5)31-46(47,45-16-7-20(43-17(16)10-35)34-9-14(4)23(37)29-26(34)40)42-11-18-15(30-32-27)6-19(44-18)33-8-13(3)22(36)28-25(33)39/h8-9,12,15-21,35H,6-7,10-11H2,1-5H3,(H,31,47)(H,28,36,39)(H,29,37,40)/t15-,16-,17+,18+,19+,20+,21-,46?/m0/s1. The van der Waals surface area contributed by atoms with Crippen LogP contribution in [0.1, 0.15) is 50.3 Å². The van der Waals surface area contributed by atoms with Crippen LogP contribution in [-0.2, 0) is 39.9 Å². The number of hydrogen-bond donors (Lipinski definition) is 4. The number of aromatic amines is 2. The van der Waals surface area contributed by atoms with E-state index in [9.17, 15) is 34.6 Å². The highest BCUT2D eigenvalue weighted by atomic mass is 32.5. The summed E-state index contributed by atoms with van der Waals surface area (Å²) < 4.78 is 31.7. The lowest BCUT2D eigenvalue weighted by Crippen LogP contribution is -2.42. The van der Waals surface area contributed by atoms with Gasteiger partial charge in [-0.3, -0.25) is 33.5 Å². The zero-order valence-corrected chi connectivity index (χ0v) is 27.9. The van der Waals surface area contributed by atoms with Gasteiger partial charge in [0.05, 0.1) is 38.6 Å². The molecule has 1 unspecified atom stereocenters. The second-order valence-corrected chi connectivity index (χ2v) is 14.6. The van der Waals surface area contributed by atoms with Crippen molar-refractivity contribution < 1.29 is 33.2 Å². The highest BCUT2D eigenvalue weighted by Crippen LogP contribution is 2.50. The van der Waals surface area contributed by atoms with Crippen molar-refractivity contribution in [3.63, 3.8) is 0 Å². The molecule has 2 aromatic rings. The first-order valence-electron chi connectivity index (χ1n) is 14.6. The second kappa shape index (κ2) is 15.2. The summed E-state index contributed by atoms with van der Waals surface area (Å²) in [5.41, 5.74) is 7.18. The molecule has 258 valence electrons. The molecule has 2 aromatic heterocycles. The number of methoxy groups -OCH3 is 1. The maximum absolute atomic E-state index is 12.7. The summed E-state index contributed by atoms with van der Waals surface area (Å²) in [5, 5.41) is 16.9. The first-order chi connectivity index (χ1) is 22.2. The molecular weight excluding hydrogens is 663 g/mol. The van der Waals surface area contributed by atoms with Gasteiger partial charge in [0.25, 0.3) is 17.8 Å². The molecule has 4 N–H and O–H groups in total. The lowest BCUT2D eigenvalue weighted by Gasteiger charge is -2.32. The van der Waals surface area contributed by atoms with Gasteiger partial charge < -0.3 is 28.4 Å². The summed E-state index contributed by atoms with van der Waals surface area (Å²) >= 11 is 5.87. The monoisotopic (exact) mass is 700 g/mol. The number of nitrogens with one attached hydrogen (secondary N) is 3. The smallest absolute Gasteiger partial charge is 0.330 e. The Hall–Kier alpha value is -3.45. The third-order valence-electron chi connectivity index (χ3n) is 7.78. The Morgan fingerprint density at radius 1 is 1.11 bits per heavy atom. The number of rotatable bonds is 13. The second-order valence-electron chi connectivity index (χ2n) is 11.5. The lowest BCUT2D eigenvalue weighted by atomic mass is 10.1. The molecule has 0 aromatic carbocycles. The minimum absolute atomic E-state index is 0.00243. The van der Waals surface area contributed by atoms with Crippen molar-refractivity contribution in [2.24, 2.45) is 11.0 Å². The highest BCUT2D eigenvalue weighted by Gasteiger charge is 2.44. The number of aliphatic hydroxyl groups excluding tert-OH is 1. The predicted molar refractivity (Wildman–Crippen MR) is 168 cm³/mol. The van der Waals surface area contributed by atoms with Gasteiger partial charge in [0.15, 0.2) is 0 Å². The van der Waals surface area contributed by atoms with E-state index in [2.05, 4.69) is 25.1 Å². The fourth-order valence-corrected chi connectivity index (χ4v) is 7.91. The van der Waals surface area contributed by atoms with E-state index in [-0.39, 0.29) is 36.5 Å². The van der Waals surface area contributed by atoms with Crippen LogP contribution < -0.4 is 27.6 Å². The number of H-pyrrole nitrogens is 2. The minimum Gasteiger partial charge on any atom is -0.468 e. The number of hydrogen-bond acceptors (Lipinski definition) is 13. The van der Waals surface area contributed by atoms with Crippen LogP contribution >= 0.6 is 6.64 Å². The quantitative estimate of drug-likeness (QED) is 0.0725. The van der Waals surface area contributed by atoms with Crippen LogP contribution in [0.5, 0.6) is 0 Å². The molecular formula is C26H37N8O11PS. The summed E-state index contributed by atoms with van der Waals surface area (Å²) in [5.74, 6) is -0.993. The van der Waals surface area contributed by atoms with E-state index in [1.807, 2.05) is 0 Å². The molecule has 2 fully saturated rings. The van der Waals surface area contributed by atoms with Gasteiger partial charge in [-0.25, -0.2) is 14.7 Å². The van der Waals surface area contributed by atoms with E-state index in [1.54, 1.807) is 13.8 Å². The van der Waals surface area contributed by atoms with E-state index in [4.69, 9.17) is 35.1 Å². The molecule has 47 heavy (non-hydrogen) atoms. The molecule has 2 aliphatic heterocycles. The van der Waals surface area contributed by atoms with Crippen molar-refractivity contribution >= 4 is 24.4 Å². The fraction of sp³-hybridized carbons (Fsp3) is 0.654. The number of aliphatic hydroxyl groups is 1. The Morgan fingerprint density at radius 3 is 2.17 bits per heavy atom. The van der Waals surface area contributed by atoms with Gasteiger partial charge in [0, 0.05) is 41.3 Å². The Balaban J connectivity index is 1.62. The van der Waals surface area contributed by atoms with Crippen LogP contribution in [0.4, 0.5) is 0 Å². The summed E-state index contributed by atoms with van der Waals surface area (Å²) in [6.07, 6.45) is -2.02. The number of carbonyl (C=O) groups excluding carboxylic acids is 1. The molecule has 0 spiro atoms. The molecule has 4 rings (SSSR count). The van der Waals surface area contributed by atoms with Gasteiger partial charge in [-0.15, -0.1) is 0 Å². The zero-order chi connectivity index (χ0) is 34.6. The largest absolute Gasteiger partial charge is 0.468 e. The van der Waals surface area contributed by atoms with Gasteiger partial charge in [-0.1, -0.05) is 19.0 Å². The lowest BCUT2D eigenvalue weighted by molar-refractivity contribution is -0.143. The third kappa shape index (κ3) is 8.35. The van der Waals surface area contributed by atoms with Crippen LogP contribution in [-0.4, -0.2) is 80.9 Å². The number of aromatic nitrogens is 4. The number of nitrogens with zero attached hydrogens (tertiary/aromatic N) is 5. The molecule has 2 saturated heterocycles. The number of carbonyl (C=O) groups is 1. The average Bonchev–Trinajstić information content (AvgIpc) is 3.61. The third-order valence-corrected chi connectivity index (χ3v) is 10.3. The highest BCUT2D eigenvalue weighted by molar-refractivity contribution is 8.09. The van der Waals surface area contributed by atoms with Crippen molar-refractivity contribution in [2.75, 3.05) is 20.3 Å². The summed E-state index contributed by atoms with van der Waals surface area (Å²) in [6, 6.07) is -1.82. The number of aryl methyl sites for hydroxylation is 2. The van der Waals surface area contributed by atoms with Crippen molar-refractivity contribution in [1.82, 2.24) is 24.2 Å². The first kappa shape index (κ1) is 36.4. The van der Waals surface area contributed by atoms with Crippen LogP contribution in [0.3, 0.4) is 0 Å². The Kier molecular flexibility index (Phi) is 11.8. The molecule has 2 aliphatic rings. The molecule has 0 radical (unpaired) electrons. The van der Waals surface area contributed by atoms with Gasteiger partial charge in [0.2, 0.25) is 0 Å². The summed E-state index contributed by atoms with van der Waals surface area (Å²) in [7, 11) is 1.21. The van der Waals surface area contributed by atoms with E-state index < -0.39 is 84.6 Å². The van der Waals surface area contributed by atoms with Crippen LogP contribution in [0, 0.1) is 19.8 Å². The van der Waals surface area contributed by atoms with Crippen molar-refractivity contribution in [3.8, 4) is 0 Å². The molecule has 4 heterocycles. The number of ether oxygens (including phenoxy) is 3. The number of esters is 1. The van der Waals surface area contributed by atoms with E-state index in [0.29, 0.717) is 0 Å². The van der Waals surface area contributed by atoms with Gasteiger partial charge in [0.1, 0.15) is 24.6 Å². The van der Waals surface area contributed by atoms with Crippen molar-refractivity contribution in [1.29, 1.82) is 0 Å². The van der Waals surface area contributed by atoms with Crippen LogP contribution in [0.2, 0.25) is 0 Å². The fourth-order valence-electron chi connectivity index (χ4n) is 5.19. The minimum atomic E-state index is -3.74. The number of azide groups is 1. The Morgan fingerprint density at radius 2 is 1.66 bits per heavy atom. The van der Waals surface area contributed by atoms with E-state index >= 15 is 0 Å². The van der Waals surface area contributed by atoms with Crippen LogP contribution in [0.25, 0.3) is 10.4 Å². The van der Waals surface area contributed by atoms with Gasteiger partial charge in [-0.05, 0) is 37.1 Å². The molecule has 21 heteroatoms.